The van der Waals surface area contributed by atoms with Crippen LogP contribution in [-0.4, -0.2) is 72.0 Å². The molecular weight excluding hydrogens is 358 g/mol. The van der Waals surface area contributed by atoms with Crippen molar-refractivity contribution in [3.05, 3.63) is 18.0 Å². The van der Waals surface area contributed by atoms with E-state index in [-0.39, 0.29) is 5.95 Å². The first kappa shape index (κ1) is 17.6. The molecule has 28 heavy (non-hydrogen) atoms. The largest absolute Gasteiger partial charge is 0.379 e. The molecule has 0 amide bonds. The lowest BCUT2D eigenvalue weighted by molar-refractivity contribution is 0.0796. The number of ether oxygens (including phenoxy) is 2. The van der Waals surface area contributed by atoms with Gasteiger partial charge in [0.25, 0.3) is 0 Å². The Balaban J connectivity index is 1.58. The van der Waals surface area contributed by atoms with E-state index in [4.69, 9.17) is 25.2 Å². The molecule has 0 saturated carbocycles. The molecule has 0 aliphatic carbocycles. The fraction of sp³-hybridized carbons (Fsp3) is 0.579. The number of morpholine rings is 1. The average molecular weight is 383 g/mol. The molecule has 2 aromatic heterocycles. The zero-order valence-corrected chi connectivity index (χ0v) is 15.9. The van der Waals surface area contributed by atoms with Crippen molar-refractivity contribution in [1.82, 2.24) is 19.9 Å². The van der Waals surface area contributed by atoms with Crippen molar-refractivity contribution in [2.45, 2.75) is 25.3 Å². The summed E-state index contributed by atoms with van der Waals surface area (Å²) in [5, 5.41) is 0. The van der Waals surface area contributed by atoms with Crippen LogP contribution in [0.3, 0.4) is 0 Å². The van der Waals surface area contributed by atoms with Crippen LogP contribution in [0.4, 0.5) is 17.7 Å². The lowest BCUT2D eigenvalue weighted by Crippen LogP contribution is -2.41. The standard InChI is InChI=1S/C19H25N7O2/c20-18-21-10-13(11-22-18)16-15-3-4-26(14-2-1-7-28-12-14)17(15)24-19(23-16)25-5-8-27-9-6-25/h10-11,14H,1-9,12H2,(H2,20,21,22)/t14-/m0/s1. The van der Waals surface area contributed by atoms with E-state index in [1.807, 2.05) is 0 Å². The summed E-state index contributed by atoms with van der Waals surface area (Å²) in [4.78, 5) is 22.9. The Kier molecular flexibility index (Phi) is 4.69. The second-order valence-corrected chi connectivity index (χ2v) is 7.42. The highest BCUT2D eigenvalue weighted by Crippen LogP contribution is 2.37. The molecule has 9 nitrogen and oxygen atoms in total. The molecule has 3 aliphatic rings. The lowest BCUT2D eigenvalue weighted by atomic mass is 10.1. The van der Waals surface area contributed by atoms with Gasteiger partial charge in [0, 0.05) is 49.8 Å². The summed E-state index contributed by atoms with van der Waals surface area (Å²) in [5.41, 5.74) is 8.63. The van der Waals surface area contributed by atoms with Crippen LogP contribution >= 0.6 is 0 Å². The van der Waals surface area contributed by atoms with Gasteiger partial charge >= 0.3 is 0 Å². The van der Waals surface area contributed by atoms with Crippen molar-refractivity contribution >= 4 is 17.7 Å². The first-order valence-corrected chi connectivity index (χ1v) is 9.95. The Hall–Kier alpha value is -2.52. The molecule has 0 unspecified atom stereocenters. The summed E-state index contributed by atoms with van der Waals surface area (Å²) in [6, 6.07) is 0.373. The van der Waals surface area contributed by atoms with Crippen LogP contribution in [0.25, 0.3) is 11.3 Å². The molecule has 0 radical (unpaired) electrons. The van der Waals surface area contributed by atoms with E-state index in [0.29, 0.717) is 19.3 Å². The van der Waals surface area contributed by atoms with Crippen molar-refractivity contribution in [2.24, 2.45) is 0 Å². The molecule has 5 heterocycles. The van der Waals surface area contributed by atoms with Crippen molar-refractivity contribution in [3.8, 4) is 11.3 Å². The minimum absolute atomic E-state index is 0.267. The maximum atomic E-state index is 5.74. The summed E-state index contributed by atoms with van der Waals surface area (Å²) in [5.74, 6) is 2.04. The van der Waals surface area contributed by atoms with E-state index in [1.165, 1.54) is 0 Å². The number of fused-ring (bicyclic) bond motifs is 1. The Morgan fingerprint density at radius 1 is 1.00 bits per heavy atom. The van der Waals surface area contributed by atoms with E-state index in [2.05, 4.69) is 19.8 Å². The summed E-state index contributed by atoms with van der Waals surface area (Å²) in [6.07, 6.45) is 6.64. The van der Waals surface area contributed by atoms with E-state index < -0.39 is 0 Å². The fourth-order valence-corrected chi connectivity index (χ4v) is 4.20. The van der Waals surface area contributed by atoms with Crippen molar-refractivity contribution in [2.75, 3.05) is 61.6 Å². The van der Waals surface area contributed by atoms with Crippen LogP contribution in [0.5, 0.6) is 0 Å². The quantitative estimate of drug-likeness (QED) is 0.828. The lowest BCUT2D eigenvalue weighted by Gasteiger charge is -2.33. The number of hydrogen-bond acceptors (Lipinski definition) is 9. The molecule has 1 atom stereocenters. The summed E-state index contributed by atoms with van der Waals surface area (Å²) in [6.45, 7) is 5.53. The highest BCUT2D eigenvalue weighted by Gasteiger charge is 2.33. The highest BCUT2D eigenvalue weighted by atomic mass is 16.5. The molecule has 2 fully saturated rings. The number of aromatic nitrogens is 4. The predicted molar refractivity (Wildman–Crippen MR) is 105 cm³/mol. The zero-order chi connectivity index (χ0) is 18.9. The number of rotatable bonds is 3. The SMILES string of the molecule is Nc1ncc(-c2nc(N3CCOCC3)nc3c2CCN3[C@H]2CCCOC2)cn1. The summed E-state index contributed by atoms with van der Waals surface area (Å²) >= 11 is 0. The van der Waals surface area contributed by atoms with Crippen LogP contribution < -0.4 is 15.5 Å². The smallest absolute Gasteiger partial charge is 0.228 e. The summed E-state index contributed by atoms with van der Waals surface area (Å²) < 4.78 is 11.2. The van der Waals surface area contributed by atoms with Gasteiger partial charge in [-0.05, 0) is 19.3 Å². The number of nitrogens with two attached hydrogens (primary N) is 1. The maximum Gasteiger partial charge on any atom is 0.228 e. The number of nitrogen functional groups attached to an aromatic ring is 1. The first-order valence-electron chi connectivity index (χ1n) is 9.95. The van der Waals surface area contributed by atoms with E-state index in [9.17, 15) is 0 Å². The third-order valence-electron chi connectivity index (χ3n) is 5.66. The molecule has 9 heteroatoms. The monoisotopic (exact) mass is 383 g/mol. The molecule has 2 N–H and O–H groups in total. The topological polar surface area (TPSA) is 103 Å². The number of nitrogens with zero attached hydrogens (tertiary/aromatic N) is 6. The van der Waals surface area contributed by atoms with Crippen molar-refractivity contribution in [3.63, 3.8) is 0 Å². The minimum Gasteiger partial charge on any atom is -0.379 e. The van der Waals surface area contributed by atoms with Gasteiger partial charge < -0.3 is 25.0 Å². The predicted octanol–water partition coefficient (Wildman–Crippen LogP) is 0.894. The second kappa shape index (κ2) is 7.48. The van der Waals surface area contributed by atoms with Gasteiger partial charge in [0.15, 0.2) is 0 Å². The first-order chi connectivity index (χ1) is 13.8. The molecule has 2 saturated heterocycles. The van der Waals surface area contributed by atoms with Crippen LogP contribution in [0.15, 0.2) is 12.4 Å². The van der Waals surface area contributed by atoms with E-state index in [1.54, 1.807) is 12.4 Å². The molecular formula is C19H25N7O2. The molecule has 0 bridgehead atoms. The summed E-state index contributed by atoms with van der Waals surface area (Å²) in [7, 11) is 0. The van der Waals surface area contributed by atoms with Gasteiger partial charge in [0.2, 0.25) is 11.9 Å². The van der Waals surface area contributed by atoms with Crippen molar-refractivity contribution < 1.29 is 9.47 Å². The maximum absolute atomic E-state index is 5.74. The minimum atomic E-state index is 0.267. The Morgan fingerprint density at radius 3 is 2.57 bits per heavy atom. The van der Waals surface area contributed by atoms with Crippen LogP contribution in [-0.2, 0) is 15.9 Å². The van der Waals surface area contributed by atoms with Crippen molar-refractivity contribution in [1.29, 1.82) is 0 Å². The average Bonchev–Trinajstić information content (AvgIpc) is 3.19. The van der Waals surface area contributed by atoms with Crippen LogP contribution in [0, 0.1) is 0 Å². The highest BCUT2D eigenvalue weighted by molar-refractivity contribution is 5.72. The second-order valence-electron chi connectivity index (χ2n) is 7.42. The number of hydrogen-bond donors (Lipinski definition) is 1. The zero-order valence-electron chi connectivity index (χ0n) is 15.9. The molecule has 0 spiro atoms. The molecule has 2 aromatic rings. The van der Waals surface area contributed by atoms with E-state index >= 15 is 0 Å². The van der Waals surface area contributed by atoms with Gasteiger partial charge in [-0.2, -0.15) is 4.98 Å². The molecule has 0 aromatic carbocycles. The fourth-order valence-electron chi connectivity index (χ4n) is 4.20. The third kappa shape index (κ3) is 3.24. The third-order valence-corrected chi connectivity index (χ3v) is 5.66. The van der Waals surface area contributed by atoms with Gasteiger partial charge in [0.05, 0.1) is 31.6 Å². The van der Waals surface area contributed by atoms with Gasteiger partial charge in [-0.25, -0.2) is 15.0 Å². The Morgan fingerprint density at radius 2 is 1.82 bits per heavy atom. The Bertz CT molecular complexity index is 833. The molecule has 3 aliphatic heterocycles. The number of anilines is 3. The van der Waals surface area contributed by atoms with E-state index in [0.717, 1.165) is 80.7 Å². The van der Waals surface area contributed by atoms with Gasteiger partial charge in [-0.3, -0.25) is 0 Å². The van der Waals surface area contributed by atoms with Gasteiger partial charge in [-0.1, -0.05) is 0 Å². The van der Waals surface area contributed by atoms with Gasteiger partial charge in [-0.15, -0.1) is 0 Å². The Labute approximate surface area is 163 Å². The van der Waals surface area contributed by atoms with Crippen LogP contribution in [0.2, 0.25) is 0 Å². The van der Waals surface area contributed by atoms with Gasteiger partial charge in [0.1, 0.15) is 5.82 Å². The molecule has 5 rings (SSSR count). The normalized spacial score (nSPS) is 22.4. The van der Waals surface area contributed by atoms with Crippen LogP contribution in [0.1, 0.15) is 18.4 Å². The molecule has 148 valence electrons.